The van der Waals surface area contributed by atoms with Gasteiger partial charge in [-0.3, -0.25) is 4.79 Å². The SMILES string of the molecule is COC(=O)C1=C(C)N(CCc2ccc(OC)cc2)C(=O)/C1=C\c1c(Cl)cccc1Cl. The molecule has 0 bridgehead atoms. The lowest BCUT2D eigenvalue weighted by Gasteiger charge is -2.18. The minimum absolute atomic E-state index is 0.212. The van der Waals surface area contributed by atoms with E-state index in [1.807, 2.05) is 24.3 Å². The van der Waals surface area contributed by atoms with Crippen molar-refractivity contribution in [3.05, 3.63) is 80.5 Å². The van der Waals surface area contributed by atoms with E-state index in [0.29, 0.717) is 34.3 Å². The molecule has 0 unspecified atom stereocenters. The first-order valence-electron chi connectivity index (χ1n) is 9.27. The molecule has 0 spiro atoms. The second-order valence-corrected chi connectivity index (χ2v) is 7.51. The third kappa shape index (κ3) is 4.37. The summed E-state index contributed by atoms with van der Waals surface area (Å²) < 4.78 is 10.1. The Morgan fingerprint density at radius 3 is 2.27 bits per heavy atom. The fraction of sp³-hybridized carbons (Fsp3) is 0.217. The van der Waals surface area contributed by atoms with Crippen molar-refractivity contribution in [2.75, 3.05) is 20.8 Å². The van der Waals surface area contributed by atoms with Crippen LogP contribution < -0.4 is 4.74 Å². The molecule has 30 heavy (non-hydrogen) atoms. The molecule has 0 atom stereocenters. The number of amides is 1. The highest BCUT2D eigenvalue weighted by Gasteiger charge is 2.37. The number of esters is 1. The summed E-state index contributed by atoms with van der Waals surface area (Å²) in [5.41, 5.74) is 2.49. The van der Waals surface area contributed by atoms with Crippen LogP contribution >= 0.6 is 23.2 Å². The van der Waals surface area contributed by atoms with Crippen molar-refractivity contribution in [1.82, 2.24) is 4.90 Å². The minimum Gasteiger partial charge on any atom is -0.497 e. The smallest absolute Gasteiger partial charge is 0.340 e. The summed E-state index contributed by atoms with van der Waals surface area (Å²) >= 11 is 12.5. The van der Waals surface area contributed by atoms with Crippen LogP contribution in [0.4, 0.5) is 0 Å². The molecule has 1 aliphatic heterocycles. The van der Waals surface area contributed by atoms with Gasteiger partial charge in [0.15, 0.2) is 0 Å². The molecule has 1 heterocycles. The van der Waals surface area contributed by atoms with Crippen LogP contribution in [0.15, 0.2) is 59.3 Å². The predicted octanol–water partition coefficient (Wildman–Crippen LogP) is 4.92. The van der Waals surface area contributed by atoms with Crippen LogP contribution in [0.3, 0.4) is 0 Å². The molecule has 2 aromatic rings. The van der Waals surface area contributed by atoms with Gasteiger partial charge in [0.2, 0.25) is 0 Å². The Bertz CT molecular complexity index is 1020. The number of carbonyl (C=O) groups excluding carboxylic acids is 2. The van der Waals surface area contributed by atoms with Crippen molar-refractivity contribution in [1.29, 1.82) is 0 Å². The molecule has 0 radical (unpaired) electrons. The third-order valence-electron chi connectivity index (χ3n) is 4.97. The summed E-state index contributed by atoms with van der Waals surface area (Å²) in [6.07, 6.45) is 2.16. The van der Waals surface area contributed by atoms with E-state index < -0.39 is 5.97 Å². The Balaban J connectivity index is 1.94. The predicted molar refractivity (Wildman–Crippen MR) is 118 cm³/mol. The van der Waals surface area contributed by atoms with Gasteiger partial charge in [0.1, 0.15) is 5.75 Å². The van der Waals surface area contributed by atoms with Crippen molar-refractivity contribution in [3.8, 4) is 5.75 Å². The molecule has 0 fully saturated rings. The standard InChI is InChI=1S/C23H21Cl2NO4/c1-14-21(23(28)30-3)18(13-17-19(24)5-4-6-20(17)25)22(27)26(14)12-11-15-7-9-16(29-2)10-8-15/h4-10,13H,11-12H2,1-3H3/b18-13-. The van der Waals surface area contributed by atoms with E-state index in [2.05, 4.69) is 0 Å². The summed E-state index contributed by atoms with van der Waals surface area (Å²) in [4.78, 5) is 27.2. The Morgan fingerprint density at radius 1 is 1.07 bits per heavy atom. The number of rotatable bonds is 6. The van der Waals surface area contributed by atoms with Gasteiger partial charge in [0.05, 0.1) is 25.4 Å². The van der Waals surface area contributed by atoms with Crippen molar-refractivity contribution in [2.45, 2.75) is 13.3 Å². The lowest BCUT2D eigenvalue weighted by molar-refractivity contribution is -0.136. The molecule has 0 N–H and O–H groups in total. The molecule has 3 rings (SSSR count). The fourth-order valence-electron chi connectivity index (χ4n) is 3.32. The van der Waals surface area contributed by atoms with E-state index in [0.717, 1.165) is 11.3 Å². The first-order chi connectivity index (χ1) is 14.4. The van der Waals surface area contributed by atoms with E-state index in [9.17, 15) is 9.59 Å². The summed E-state index contributed by atoms with van der Waals surface area (Å²) in [5.74, 6) is -0.110. The number of allylic oxidation sites excluding steroid dienone is 1. The zero-order valence-corrected chi connectivity index (χ0v) is 18.4. The first-order valence-corrected chi connectivity index (χ1v) is 10.0. The minimum atomic E-state index is -0.581. The average Bonchev–Trinajstić information content (AvgIpc) is 2.98. The van der Waals surface area contributed by atoms with E-state index in [1.54, 1.807) is 43.2 Å². The molecule has 1 amide bonds. The highest BCUT2D eigenvalue weighted by Crippen LogP contribution is 2.35. The monoisotopic (exact) mass is 445 g/mol. The van der Waals surface area contributed by atoms with E-state index in [4.69, 9.17) is 32.7 Å². The van der Waals surface area contributed by atoms with Gasteiger partial charge in [0, 0.05) is 27.9 Å². The van der Waals surface area contributed by atoms with E-state index >= 15 is 0 Å². The van der Waals surface area contributed by atoms with Crippen LogP contribution in [0, 0.1) is 0 Å². The van der Waals surface area contributed by atoms with Gasteiger partial charge in [-0.1, -0.05) is 41.4 Å². The lowest BCUT2D eigenvalue weighted by Crippen LogP contribution is -2.27. The molecule has 0 saturated heterocycles. The van der Waals surface area contributed by atoms with Crippen LogP contribution in [0.2, 0.25) is 10.0 Å². The Labute approximate surface area is 185 Å². The van der Waals surface area contributed by atoms with Gasteiger partial charge in [-0.25, -0.2) is 4.79 Å². The zero-order chi connectivity index (χ0) is 21.8. The highest BCUT2D eigenvalue weighted by molar-refractivity contribution is 6.37. The van der Waals surface area contributed by atoms with Gasteiger partial charge in [-0.2, -0.15) is 0 Å². The summed E-state index contributed by atoms with van der Waals surface area (Å²) in [6.45, 7) is 2.14. The molecule has 1 aliphatic rings. The molecule has 156 valence electrons. The maximum atomic E-state index is 13.2. The van der Waals surface area contributed by atoms with Crippen LogP contribution in [0.1, 0.15) is 18.1 Å². The number of hydrogen-bond acceptors (Lipinski definition) is 4. The van der Waals surface area contributed by atoms with E-state index in [1.165, 1.54) is 7.11 Å². The molecular formula is C23H21Cl2NO4. The van der Waals surface area contributed by atoms with Gasteiger partial charge >= 0.3 is 5.97 Å². The number of nitrogens with zero attached hydrogens (tertiary/aromatic N) is 1. The molecule has 0 saturated carbocycles. The topological polar surface area (TPSA) is 55.8 Å². The van der Waals surface area contributed by atoms with Crippen LogP contribution in [-0.2, 0) is 20.7 Å². The van der Waals surface area contributed by atoms with Gasteiger partial charge in [-0.15, -0.1) is 0 Å². The quantitative estimate of drug-likeness (QED) is 0.467. The van der Waals surface area contributed by atoms with Gasteiger partial charge in [-0.05, 0) is 49.2 Å². The van der Waals surface area contributed by atoms with Gasteiger partial charge < -0.3 is 14.4 Å². The number of carbonyl (C=O) groups is 2. The van der Waals surface area contributed by atoms with Crippen molar-refractivity contribution >= 4 is 41.2 Å². The average molecular weight is 446 g/mol. The van der Waals surface area contributed by atoms with Crippen LogP contribution in [0.25, 0.3) is 6.08 Å². The maximum Gasteiger partial charge on any atom is 0.340 e. The second kappa shape index (κ2) is 9.37. The van der Waals surface area contributed by atoms with Crippen molar-refractivity contribution in [2.24, 2.45) is 0 Å². The largest absolute Gasteiger partial charge is 0.497 e. The number of methoxy groups -OCH3 is 2. The highest BCUT2D eigenvalue weighted by atomic mass is 35.5. The molecule has 2 aromatic carbocycles. The van der Waals surface area contributed by atoms with Gasteiger partial charge in [0.25, 0.3) is 5.91 Å². The Kier molecular flexibility index (Phi) is 6.85. The summed E-state index contributed by atoms with van der Waals surface area (Å²) in [7, 11) is 2.90. The van der Waals surface area contributed by atoms with Crippen LogP contribution in [-0.4, -0.2) is 37.5 Å². The number of ether oxygens (including phenoxy) is 2. The molecule has 0 aliphatic carbocycles. The maximum absolute atomic E-state index is 13.2. The molecular weight excluding hydrogens is 425 g/mol. The molecule has 7 heteroatoms. The zero-order valence-electron chi connectivity index (χ0n) is 16.9. The van der Waals surface area contributed by atoms with Crippen molar-refractivity contribution in [3.63, 3.8) is 0 Å². The molecule has 0 aromatic heterocycles. The van der Waals surface area contributed by atoms with E-state index in [-0.39, 0.29) is 17.1 Å². The molecule has 5 nitrogen and oxygen atoms in total. The fourth-order valence-corrected chi connectivity index (χ4v) is 3.83. The second-order valence-electron chi connectivity index (χ2n) is 6.70. The summed E-state index contributed by atoms with van der Waals surface area (Å²) in [5, 5.41) is 0.780. The van der Waals surface area contributed by atoms with Crippen molar-refractivity contribution < 1.29 is 19.1 Å². The normalized spacial score (nSPS) is 15.2. The first kappa shape index (κ1) is 21.9. The summed E-state index contributed by atoms with van der Waals surface area (Å²) in [6, 6.07) is 12.7. The Hall–Kier alpha value is -2.76. The number of halogens is 2. The number of benzene rings is 2. The Morgan fingerprint density at radius 2 is 1.70 bits per heavy atom. The third-order valence-corrected chi connectivity index (χ3v) is 5.63. The van der Waals surface area contributed by atoms with Crippen LogP contribution in [0.5, 0.6) is 5.75 Å². The number of hydrogen-bond donors (Lipinski definition) is 0. The lowest BCUT2D eigenvalue weighted by atomic mass is 10.0.